The second kappa shape index (κ2) is 7.57. The summed E-state index contributed by atoms with van der Waals surface area (Å²) in [6.07, 6.45) is -0.833. The molecule has 2 nitrogen and oxygen atoms in total. The van der Waals surface area contributed by atoms with Crippen molar-refractivity contribution in [3.05, 3.63) is 39.9 Å². The quantitative estimate of drug-likeness (QED) is 0.808. The second-order valence-corrected chi connectivity index (χ2v) is 7.92. The fraction of sp³-hybridized carbons (Fsp3) is 0.385. The van der Waals surface area contributed by atoms with Crippen LogP contribution < -0.4 is 0 Å². The van der Waals surface area contributed by atoms with E-state index in [0.717, 1.165) is 12.3 Å². The van der Waals surface area contributed by atoms with Gasteiger partial charge in [0.25, 0.3) is 0 Å². The smallest absolute Gasteiger partial charge is 0.375 e. The Kier molecular flexibility index (Phi) is 6.83. The Balaban J connectivity index is 3.26. The summed E-state index contributed by atoms with van der Waals surface area (Å²) in [6, 6.07) is 4.26. The number of aliphatic hydroxyl groups is 1. The van der Waals surface area contributed by atoms with Crippen LogP contribution in [-0.2, 0) is 10.8 Å². The third-order valence-corrected chi connectivity index (χ3v) is 6.68. The Morgan fingerprint density at radius 2 is 1.91 bits per heavy atom. The van der Waals surface area contributed by atoms with E-state index in [9.17, 15) is 22.5 Å². The summed E-state index contributed by atoms with van der Waals surface area (Å²) in [5.74, 6) is 0. The zero-order valence-electron chi connectivity index (χ0n) is 11.5. The van der Waals surface area contributed by atoms with E-state index in [1.165, 1.54) is 24.5 Å². The van der Waals surface area contributed by atoms with Crippen LogP contribution in [0.4, 0.5) is 13.2 Å². The first-order chi connectivity index (χ1) is 10.0. The molecule has 0 saturated carbocycles. The summed E-state index contributed by atoms with van der Waals surface area (Å²) in [6.45, 7) is 0. The molecule has 1 aromatic carbocycles. The van der Waals surface area contributed by atoms with E-state index in [4.69, 9.17) is 23.2 Å². The van der Waals surface area contributed by atoms with E-state index in [0.29, 0.717) is 23.4 Å². The van der Waals surface area contributed by atoms with Crippen LogP contribution in [0.25, 0.3) is 6.08 Å². The number of thioether (sulfide) groups is 1. The van der Waals surface area contributed by atoms with Crippen molar-refractivity contribution in [2.75, 3.05) is 12.5 Å². The molecular formula is C13H13Cl2F3O2S2. The number of hydrogen-bond donors (Lipinski definition) is 1. The van der Waals surface area contributed by atoms with Crippen molar-refractivity contribution in [1.29, 1.82) is 0 Å². The van der Waals surface area contributed by atoms with Gasteiger partial charge in [0.05, 0.1) is 10.0 Å². The molecule has 9 heteroatoms. The van der Waals surface area contributed by atoms with E-state index in [2.05, 4.69) is 0 Å². The van der Waals surface area contributed by atoms with Gasteiger partial charge in [0.2, 0.25) is 5.60 Å². The molecule has 0 radical (unpaired) electrons. The van der Waals surface area contributed by atoms with Crippen LogP contribution in [0.1, 0.15) is 5.56 Å². The van der Waals surface area contributed by atoms with Crippen LogP contribution in [0.5, 0.6) is 0 Å². The van der Waals surface area contributed by atoms with E-state index in [1.54, 1.807) is 0 Å². The lowest BCUT2D eigenvalue weighted by atomic mass is 10.0. The highest BCUT2D eigenvalue weighted by atomic mass is 35.5. The van der Waals surface area contributed by atoms with Crippen LogP contribution in [0.15, 0.2) is 24.3 Å². The lowest BCUT2D eigenvalue weighted by Crippen LogP contribution is -2.53. The van der Waals surface area contributed by atoms with Crippen molar-refractivity contribution in [2.45, 2.75) is 16.4 Å². The molecule has 1 rings (SSSR count). The summed E-state index contributed by atoms with van der Waals surface area (Å²) in [7, 11) is -1.89. The highest BCUT2D eigenvalue weighted by Crippen LogP contribution is 2.40. The topological polar surface area (TPSA) is 37.3 Å². The monoisotopic (exact) mass is 392 g/mol. The first kappa shape index (κ1) is 19.8. The first-order valence-corrected chi connectivity index (χ1v) is 9.48. The zero-order valence-corrected chi connectivity index (χ0v) is 14.7. The molecule has 0 spiro atoms. The van der Waals surface area contributed by atoms with Gasteiger partial charge in [0.1, 0.15) is 4.58 Å². The number of rotatable bonds is 5. The third kappa shape index (κ3) is 4.41. The van der Waals surface area contributed by atoms with Gasteiger partial charge in [0, 0.05) is 17.1 Å². The summed E-state index contributed by atoms with van der Waals surface area (Å²) in [5.41, 5.74) is -2.89. The van der Waals surface area contributed by atoms with E-state index >= 15 is 0 Å². The van der Waals surface area contributed by atoms with Gasteiger partial charge in [-0.05, 0) is 30.0 Å². The molecule has 124 valence electrons. The molecule has 0 aromatic heterocycles. The van der Waals surface area contributed by atoms with Crippen molar-refractivity contribution >= 4 is 51.8 Å². The molecule has 0 heterocycles. The maximum atomic E-state index is 13.3. The molecule has 3 unspecified atom stereocenters. The molecule has 0 amide bonds. The zero-order chi connectivity index (χ0) is 17.1. The molecular weight excluding hydrogens is 380 g/mol. The number of hydrogen-bond acceptors (Lipinski definition) is 3. The van der Waals surface area contributed by atoms with Gasteiger partial charge >= 0.3 is 6.18 Å². The van der Waals surface area contributed by atoms with Crippen LogP contribution in [0.2, 0.25) is 10.0 Å². The van der Waals surface area contributed by atoms with Crippen molar-refractivity contribution in [3.63, 3.8) is 0 Å². The van der Waals surface area contributed by atoms with Crippen molar-refractivity contribution < 1.29 is 22.5 Å². The van der Waals surface area contributed by atoms with Crippen molar-refractivity contribution in [2.24, 2.45) is 0 Å². The first-order valence-electron chi connectivity index (χ1n) is 5.81. The minimum atomic E-state index is -4.97. The molecule has 0 aliphatic rings. The van der Waals surface area contributed by atoms with Crippen LogP contribution in [0.3, 0.4) is 0 Å². The number of halogens is 5. The summed E-state index contributed by atoms with van der Waals surface area (Å²) < 4.78 is 49.7. The Hall–Kier alpha value is -0.210. The molecule has 0 aliphatic carbocycles. The van der Waals surface area contributed by atoms with Gasteiger partial charge in [-0.2, -0.15) is 13.2 Å². The summed E-state index contributed by atoms with van der Waals surface area (Å²) in [5, 5.41) is 10.5. The SMILES string of the molecule is CSC(S(C)=O)C(O)(/C=C/c1ccc(Cl)c(Cl)c1)C(F)(F)F. The molecule has 0 fully saturated rings. The van der Waals surface area contributed by atoms with Crippen LogP contribution in [-0.4, -0.2) is 38.2 Å². The van der Waals surface area contributed by atoms with Gasteiger partial charge in [-0.15, -0.1) is 11.8 Å². The number of benzene rings is 1. The maximum Gasteiger partial charge on any atom is 0.422 e. The Labute approximate surface area is 143 Å². The maximum absolute atomic E-state index is 13.3. The van der Waals surface area contributed by atoms with Gasteiger partial charge in [-0.25, -0.2) is 0 Å². The normalized spacial score (nSPS) is 18.2. The Morgan fingerprint density at radius 3 is 2.32 bits per heavy atom. The summed E-state index contributed by atoms with van der Waals surface area (Å²) >= 11 is 12.2. The lowest BCUT2D eigenvalue weighted by molar-refractivity contribution is -0.233. The van der Waals surface area contributed by atoms with Crippen LogP contribution >= 0.6 is 35.0 Å². The molecule has 0 saturated heterocycles. The largest absolute Gasteiger partial charge is 0.422 e. The van der Waals surface area contributed by atoms with Gasteiger partial charge in [-0.1, -0.05) is 35.3 Å². The minimum Gasteiger partial charge on any atom is -0.375 e. The average Bonchev–Trinajstić information content (AvgIpc) is 2.39. The second-order valence-electron chi connectivity index (χ2n) is 4.40. The fourth-order valence-corrected chi connectivity index (χ4v) is 4.39. The minimum absolute atomic E-state index is 0.180. The Morgan fingerprint density at radius 1 is 1.32 bits per heavy atom. The molecule has 3 atom stereocenters. The Bertz CT molecular complexity index is 593. The third-order valence-electron chi connectivity index (χ3n) is 2.80. The molecule has 0 aliphatic heterocycles. The van der Waals surface area contributed by atoms with Crippen LogP contribution in [0, 0.1) is 0 Å². The van der Waals surface area contributed by atoms with Gasteiger partial charge < -0.3 is 5.11 Å². The summed E-state index contributed by atoms with van der Waals surface area (Å²) in [4.78, 5) is 0. The highest BCUT2D eigenvalue weighted by Gasteiger charge is 2.58. The molecule has 1 N–H and O–H groups in total. The molecule has 0 bridgehead atoms. The predicted octanol–water partition coefficient (Wildman–Crippen LogP) is 4.37. The van der Waals surface area contributed by atoms with Gasteiger partial charge in [0.15, 0.2) is 0 Å². The van der Waals surface area contributed by atoms with E-state index < -0.39 is 27.2 Å². The fourth-order valence-electron chi connectivity index (χ4n) is 1.71. The van der Waals surface area contributed by atoms with Gasteiger partial charge in [-0.3, -0.25) is 4.21 Å². The standard InChI is InChI=1S/C13H13Cl2F3O2S2/c1-21-11(22(2)20)12(19,13(16,17)18)6-5-8-3-4-9(14)10(15)7-8/h3-7,11,19H,1-2H3/b6-5+. The average molecular weight is 393 g/mol. The van der Waals surface area contributed by atoms with E-state index in [1.807, 2.05) is 0 Å². The molecule has 22 heavy (non-hydrogen) atoms. The highest BCUT2D eigenvalue weighted by molar-refractivity contribution is 8.10. The number of alkyl halides is 3. The van der Waals surface area contributed by atoms with Crippen molar-refractivity contribution in [3.8, 4) is 0 Å². The molecule has 1 aromatic rings. The van der Waals surface area contributed by atoms with E-state index in [-0.39, 0.29) is 10.0 Å². The lowest BCUT2D eigenvalue weighted by Gasteiger charge is -2.33. The predicted molar refractivity (Wildman–Crippen MR) is 87.9 cm³/mol. The van der Waals surface area contributed by atoms with Crippen molar-refractivity contribution in [1.82, 2.24) is 0 Å².